The molecule has 0 radical (unpaired) electrons. The molecule has 0 aliphatic carbocycles. The number of aromatic carboxylic acids is 2. The highest BCUT2D eigenvalue weighted by atomic mass is 16.5. The average molecular weight is 498 g/mol. The normalized spacial score (nSPS) is 10.5. The molecular formula is C29H23NO7. The maximum Gasteiger partial charge on any atom is 0.339 e. The Labute approximate surface area is 212 Å². The van der Waals surface area contributed by atoms with Gasteiger partial charge in [-0.15, -0.1) is 0 Å². The molecule has 8 heteroatoms. The third-order valence-electron chi connectivity index (χ3n) is 5.61. The van der Waals surface area contributed by atoms with Crippen LogP contribution in [0.15, 0.2) is 97.1 Å². The van der Waals surface area contributed by atoms with Crippen molar-refractivity contribution in [2.24, 2.45) is 0 Å². The van der Waals surface area contributed by atoms with Gasteiger partial charge in [0.05, 0.1) is 11.1 Å². The number of amides is 1. The van der Waals surface area contributed by atoms with Crippen molar-refractivity contribution in [1.82, 2.24) is 4.90 Å². The summed E-state index contributed by atoms with van der Waals surface area (Å²) in [7, 11) is 0. The van der Waals surface area contributed by atoms with E-state index < -0.39 is 34.7 Å². The standard InChI is InChI=1S/C29H23NO7/c31-26-16-23(24(28(33)34)15-25(26)29(35)36)27(32)30(17-19-7-3-1-4-8-19)18-20-11-13-22(14-12-20)37-21-9-5-2-6-10-21/h1-16,31H,17-18H2,(H,33,34)(H,35,36). The lowest BCUT2D eigenvalue weighted by molar-refractivity contribution is 0.0666. The Hall–Kier alpha value is -5.11. The zero-order chi connectivity index (χ0) is 26.4. The second kappa shape index (κ2) is 11.1. The molecule has 0 unspecified atom stereocenters. The molecule has 37 heavy (non-hydrogen) atoms. The van der Waals surface area contributed by atoms with Crippen LogP contribution in [0.3, 0.4) is 0 Å². The summed E-state index contributed by atoms with van der Waals surface area (Å²) in [5.74, 6) is -3.05. The number of carboxylic acids is 2. The number of ether oxygens (including phenoxy) is 1. The van der Waals surface area contributed by atoms with E-state index in [0.717, 1.165) is 23.3 Å². The van der Waals surface area contributed by atoms with Crippen molar-refractivity contribution < 1.29 is 34.4 Å². The highest BCUT2D eigenvalue weighted by molar-refractivity contribution is 6.07. The van der Waals surface area contributed by atoms with Crippen molar-refractivity contribution in [3.63, 3.8) is 0 Å². The largest absolute Gasteiger partial charge is 0.507 e. The van der Waals surface area contributed by atoms with Gasteiger partial charge in [-0.2, -0.15) is 0 Å². The van der Waals surface area contributed by atoms with Crippen LogP contribution < -0.4 is 4.74 Å². The van der Waals surface area contributed by atoms with Crippen LogP contribution in [0.1, 0.15) is 42.2 Å². The molecule has 1 amide bonds. The van der Waals surface area contributed by atoms with Gasteiger partial charge in [-0.25, -0.2) is 9.59 Å². The second-order valence-electron chi connectivity index (χ2n) is 8.23. The molecule has 0 aliphatic heterocycles. The molecule has 0 atom stereocenters. The Morgan fingerprint density at radius 1 is 0.622 bits per heavy atom. The first-order valence-electron chi connectivity index (χ1n) is 11.3. The van der Waals surface area contributed by atoms with Gasteiger partial charge < -0.3 is 25.0 Å². The molecule has 0 heterocycles. The summed E-state index contributed by atoms with van der Waals surface area (Å²) >= 11 is 0. The van der Waals surface area contributed by atoms with Gasteiger partial charge in [0.15, 0.2) is 0 Å². The lowest BCUT2D eigenvalue weighted by atomic mass is 10.0. The lowest BCUT2D eigenvalue weighted by Crippen LogP contribution is -2.31. The van der Waals surface area contributed by atoms with E-state index in [-0.39, 0.29) is 18.7 Å². The molecule has 8 nitrogen and oxygen atoms in total. The summed E-state index contributed by atoms with van der Waals surface area (Å²) in [5, 5.41) is 29.1. The molecule has 4 aromatic carbocycles. The summed E-state index contributed by atoms with van der Waals surface area (Å²) in [5.41, 5.74) is 0.147. The number of aromatic hydroxyl groups is 1. The van der Waals surface area contributed by atoms with Gasteiger partial charge in [0.1, 0.15) is 22.8 Å². The van der Waals surface area contributed by atoms with E-state index in [1.807, 2.05) is 60.7 Å². The smallest absolute Gasteiger partial charge is 0.339 e. The van der Waals surface area contributed by atoms with E-state index in [4.69, 9.17) is 4.74 Å². The maximum absolute atomic E-state index is 13.6. The van der Waals surface area contributed by atoms with Crippen LogP contribution in [0.25, 0.3) is 0 Å². The molecule has 186 valence electrons. The highest BCUT2D eigenvalue weighted by Crippen LogP contribution is 2.26. The zero-order valence-electron chi connectivity index (χ0n) is 19.6. The van der Waals surface area contributed by atoms with E-state index in [0.29, 0.717) is 11.5 Å². The minimum atomic E-state index is -1.50. The summed E-state index contributed by atoms with van der Waals surface area (Å²) in [4.78, 5) is 38.3. The Kier molecular flexibility index (Phi) is 7.49. The summed E-state index contributed by atoms with van der Waals surface area (Å²) in [6, 6.07) is 27.3. The topological polar surface area (TPSA) is 124 Å². The lowest BCUT2D eigenvalue weighted by Gasteiger charge is -2.24. The van der Waals surface area contributed by atoms with Crippen LogP contribution in [-0.4, -0.2) is 38.1 Å². The van der Waals surface area contributed by atoms with Crippen LogP contribution in [0.5, 0.6) is 17.2 Å². The van der Waals surface area contributed by atoms with E-state index in [2.05, 4.69) is 0 Å². The van der Waals surface area contributed by atoms with E-state index in [1.165, 1.54) is 4.90 Å². The van der Waals surface area contributed by atoms with Crippen LogP contribution in [0.4, 0.5) is 0 Å². The van der Waals surface area contributed by atoms with Crippen LogP contribution in [-0.2, 0) is 13.1 Å². The Bertz CT molecular complexity index is 1420. The number of carbonyl (C=O) groups is 3. The number of hydrogen-bond acceptors (Lipinski definition) is 5. The predicted molar refractivity (Wildman–Crippen MR) is 135 cm³/mol. The number of rotatable bonds is 9. The monoisotopic (exact) mass is 497 g/mol. The Morgan fingerprint density at radius 2 is 1.14 bits per heavy atom. The van der Waals surface area contributed by atoms with Crippen molar-refractivity contribution in [3.05, 3.63) is 125 Å². The van der Waals surface area contributed by atoms with Gasteiger partial charge in [-0.05, 0) is 47.5 Å². The fourth-order valence-corrected chi connectivity index (χ4v) is 3.80. The number of phenols is 1. The fraction of sp³-hybridized carbons (Fsp3) is 0.0690. The molecule has 4 rings (SSSR count). The first kappa shape index (κ1) is 25.0. The predicted octanol–water partition coefficient (Wildman–Crippen LogP) is 5.42. The minimum absolute atomic E-state index is 0.125. The van der Waals surface area contributed by atoms with E-state index >= 15 is 0 Å². The molecular weight excluding hydrogens is 474 g/mol. The van der Waals surface area contributed by atoms with Crippen molar-refractivity contribution in [3.8, 4) is 17.2 Å². The number of nitrogens with zero attached hydrogens (tertiary/aromatic N) is 1. The van der Waals surface area contributed by atoms with Gasteiger partial charge in [0, 0.05) is 13.1 Å². The number of hydrogen-bond donors (Lipinski definition) is 3. The van der Waals surface area contributed by atoms with Crippen molar-refractivity contribution in [1.29, 1.82) is 0 Å². The molecule has 0 spiro atoms. The van der Waals surface area contributed by atoms with Crippen LogP contribution >= 0.6 is 0 Å². The highest BCUT2D eigenvalue weighted by Gasteiger charge is 2.26. The third-order valence-corrected chi connectivity index (χ3v) is 5.61. The van der Waals surface area contributed by atoms with Crippen molar-refractivity contribution in [2.45, 2.75) is 13.1 Å². The maximum atomic E-state index is 13.6. The first-order chi connectivity index (χ1) is 17.8. The molecule has 3 N–H and O–H groups in total. The molecule has 4 aromatic rings. The van der Waals surface area contributed by atoms with E-state index in [9.17, 15) is 29.7 Å². The number of para-hydroxylation sites is 1. The van der Waals surface area contributed by atoms with Crippen molar-refractivity contribution in [2.75, 3.05) is 0 Å². The molecule has 0 saturated heterocycles. The minimum Gasteiger partial charge on any atom is -0.507 e. The number of benzene rings is 4. The van der Waals surface area contributed by atoms with Crippen LogP contribution in [0, 0.1) is 0 Å². The summed E-state index contributed by atoms with van der Waals surface area (Å²) in [6.45, 7) is 0.280. The molecule has 0 saturated carbocycles. The molecule has 0 aromatic heterocycles. The van der Waals surface area contributed by atoms with Crippen LogP contribution in [0.2, 0.25) is 0 Å². The summed E-state index contributed by atoms with van der Waals surface area (Å²) in [6.07, 6.45) is 0. The molecule has 0 bridgehead atoms. The quantitative estimate of drug-likeness (QED) is 0.282. The van der Waals surface area contributed by atoms with E-state index in [1.54, 1.807) is 24.3 Å². The zero-order valence-corrected chi connectivity index (χ0v) is 19.6. The Morgan fingerprint density at radius 3 is 1.70 bits per heavy atom. The summed E-state index contributed by atoms with van der Waals surface area (Å²) < 4.78 is 5.81. The van der Waals surface area contributed by atoms with Gasteiger partial charge in [-0.1, -0.05) is 60.7 Å². The number of carbonyl (C=O) groups excluding carboxylic acids is 1. The molecule has 0 aliphatic rings. The van der Waals surface area contributed by atoms with Gasteiger partial charge in [0.25, 0.3) is 5.91 Å². The van der Waals surface area contributed by atoms with Gasteiger partial charge in [-0.3, -0.25) is 4.79 Å². The Balaban J connectivity index is 1.65. The molecule has 0 fully saturated rings. The van der Waals surface area contributed by atoms with Gasteiger partial charge >= 0.3 is 11.9 Å². The van der Waals surface area contributed by atoms with Crippen molar-refractivity contribution >= 4 is 17.8 Å². The SMILES string of the molecule is O=C(O)c1cc(C(=O)O)c(C(=O)N(Cc2ccccc2)Cc2ccc(Oc3ccccc3)cc2)cc1O. The third kappa shape index (κ3) is 6.12. The average Bonchev–Trinajstić information content (AvgIpc) is 2.89. The van der Waals surface area contributed by atoms with Gasteiger partial charge in [0.2, 0.25) is 0 Å². The first-order valence-corrected chi connectivity index (χ1v) is 11.3. The number of carboxylic acid groups (broad SMARTS) is 2. The fourth-order valence-electron chi connectivity index (χ4n) is 3.80. The second-order valence-corrected chi connectivity index (χ2v) is 8.23.